The zero-order valence-electron chi connectivity index (χ0n) is 14.9. The summed E-state index contributed by atoms with van der Waals surface area (Å²) in [6.45, 7) is 0. The quantitative estimate of drug-likeness (QED) is 0.582. The molecule has 0 aliphatic heterocycles. The number of nitrogens with one attached hydrogen (secondary N) is 1. The van der Waals surface area contributed by atoms with E-state index in [1.54, 1.807) is 17.1 Å². The van der Waals surface area contributed by atoms with Crippen LogP contribution in [0.25, 0.3) is 17.1 Å². The molecule has 28 heavy (non-hydrogen) atoms. The van der Waals surface area contributed by atoms with Crippen molar-refractivity contribution in [3.8, 4) is 17.1 Å². The highest BCUT2D eigenvalue weighted by molar-refractivity contribution is 6.03. The van der Waals surface area contributed by atoms with E-state index in [0.29, 0.717) is 23.2 Å². The summed E-state index contributed by atoms with van der Waals surface area (Å²) in [5.74, 6) is 0.480. The summed E-state index contributed by atoms with van der Waals surface area (Å²) in [6.07, 6.45) is 5.38. The molecule has 2 heterocycles. The van der Waals surface area contributed by atoms with E-state index in [1.165, 1.54) is 0 Å². The maximum absolute atomic E-state index is 12.8. The Morgan fingerprint density at radius 3 is 2.75 bits per heavy atom. The highest BCUT2D eigenvalue weighted by Gasteiger charge is 2.28. The molecule has 138 valence electrons. The Balaban J connectivity index is 1.41. The van der Waals surface area contributed by atoms with Crippen molar-refractivity contribution < 1.29 is 4.79 Å². The van der Waals surface area contributed by atoms with Gasteiger partial charge in [-0.3, -0.25) is 9.36 Å². The molecule has 1 amide bonds. The van der Waals surface area contributed by atoms with Crippen LogP contribution in [0, 0.1) is 0 Å². The number of aromatic nitrogens is 6. The highest BCUT2D eigenvalue weighted by Crippen LogP contribution is 2.36. The molecule has 8 nitrogen and oxygen atoms in total. The molecule has 0 radical (unpaired) electrons. The minimum atomic E-state index is -0.236. The zero-order valence-corrected chi connectivity index (χ0v) is 14.9. The number of para-hydroxylation sites is 1. The van der Waals surface area contributed by atoms with Gasteiger partial charge >= 0.3 is 0 Å². The second-order valence-electron chi connectivity index (χ2n) is 6.70. The maximum Gasteiger partial charge on any atom is 0.274 e. The number of rotatable bonds is 5. The topological polar surface area (TPSA) is 90.5 Å². The van der Waals surface area contributed by atoms with Crippen LogP contribution in [0.1, 0.15) is 29.4 Å². The van der Waals surface area contributed by atoms with E-state index in [2.05, 4.69) is 25.8 Å². The monoisotopic (exact) mass is 371 g/mol. The maximum atomic E-state index is 12.8. The molecular weight excluding hydrogens is 354 g/mol. The first-order valence-electron chi connectivity index (χ1n) is 9.07. The number of benzene rings is 2. The van der Waals surface area contributed by atoms with E-state index in [-0.39, 0.29) is 5.91 Å². The van der Waals surface area contributed by atoms with Crippen LogP contribution in [0.15, 0.2) is 67.1 Å². The van der Waals surface area contributed by atoms with Crippen molar-refractivity contribution in [2.24, 2.45) is 0 Å². The first-order valence-corrected chi connectivity index (χ1v) is 9.07. The lowest BCUT2D eigenvalue weighted by Crippen LogP contribution is -2.16. The molecule has 2 aromatic carbocycles. The molecule has 1 aliphatic carbocycles. The molecule has 2 aromatic heterocycles. The Labute approximate surface area is 160 Å². The number of nitrogens with zero attached hydrogens (tertiary/aromatic N) is 6. The predicted molar refractivity (Wildman–Crippen MR) is 103 cm³/mol. The largest absolute Gasteiger partial charge is 0.321 e. The molecular formula is C20H17N7O. The zero-order chi connectivity index (χ0) is 18.9. The second kappa shape index (κ2) is 6.73. The first-order chi connectivity index (χ1) is 13.8. The number of hydrogen-bond donors (Lipinski definition) is 1. The third-order valence-electron chi connectivity index (χ3n) is 4.67. The smallest absolute Gasteiger partial charge is 0.274 e. The summed E-state index contributed by atoms with van der Waals surface area (Å²) in [5.41, 5.74) is 2.88. The van der Waals surface area contributed by atoms with Crippen molar-refractivity contribution in [2.75, 3.05) is 5.32 Å². The van der Waals surface area contributed by atoms with Gasteiger partial charge in [-0.25, -0.2) is 9.67 Å². The number of hydrogen-bond acceptors (Lipinski definition) is 5. The molecule has 8 heteroatoms. The molecule has 4 aromatic rings. The fourth-order valence-corrected chi connectivity index (χ4v) is 3.14. The normalized spacial score (nSPS) is 13.4. The van der Waals surface area contributed by atoms with Gasteiger partial charge in [0, 0.05) is 16.9 Å². The minimum absolute atomic E-state index is 0.236. The number of imidazole rings is 1. The Morgan fingerprint density at radius 1 is 1.07 bits per heavy atom. The van der Waals surface area contributed by atoms with Crippen LogP contribution in [0.5, 0.6) is 0 Å². The molecule has 5 rings (SSSR count). The summed E-state index contributed by atoms with van der Waals surface area (Å²) in [7, 11) is 0. The van der Waals surface area contributed by atoms with Crippen LogP contribution in [0.3, 0.4) is 0 Å². The van der Waals surface area contributed by atoms with E-state index in [1.807, 2.05) is 59.3 Å². The Morgan fingerprint density at radius 2 is 1.93 bits per heavy atom. The van der Waals surface area contributed by atoms with Crippen LogP contribution >= 0.6 is 0 Å². The highest BCUT2D eigenvalue weighted by atomic mass is 16.2. The van der Waals surface area contributed by atoms with Gasteiger partial charge in [-0.2, -0.15) is 0 Å². The molecule has 0 saturated heterocycles. The van der Waals surface area contributed by atoms with Crippen molar-refractivity contribution in [1.82, 2.24) is 29.8 Å². The Bertz CT molecular complexity index is 1130. The van der Waals surface area contributed by atoms with Crippen LogP contribution in [0.4, 0.5) is 5.69 Å². The van der Waals surface area contributed by atoms with E-state index in [0.717, 1.165) is 24.1 Å². The summed E-state index contributed by atoms with van der Waals surface area (Å²) in [5, 5.41) is 15.0. The fraction of sp³-hybridized carbons (Fsp3) is 0.150. The lowest BCUT2D eigenvalue weighted by molar-refractivity contribution is 0.102. The predicted octanol–water partition coefficient (Wildman–Crippen LogP) is 3.11. The van der Waals surface area contributed by atoms with Gasteiger partial charge in [0.15, 0.2) is 5.82 Å². The van der Waals surface area contributed by atoms with Crippen molar-refractivity contribution in [3.63, 3.8) is 0 Å². The van der Waals surface area contributed by atoms with E-state index >= 15 is 0 Å². The number of carbonyl (C=O) groups is 1. The summed E-state index contributed by atoms with van der Waals surface area (Å²) < 4.78 is 3.61. The number of anilines is 1. The Hall–Kier alpha value is -3.81. The van der Waals surface area contributed by atoms with Gasteiger partial charge in [-0.1, -0.05) is 30.3 Å². The van der Waals surface area contributed by atoms with Gasteiger partial charge in [0.2, 0.25) is 0 Å². The summed E-state index contributed by atoms with van der Waals surface area (Å²) in [6, 6.07) is 17.5. The van der Waals surface area contributed by atoms with Crippen molar-refractivity contribution in [2.45, 2.75) is 18.9 Å². The van der Waals surface area contributed by atoms with Gasteiger partial charge in [-0.05, 0) is 47.5 Å². The molecule has 1 saturated carbocycles. The fourth-order valence-electron chi connectivity index (χ4n) is 3.14. The van der Waals surface area contributed by atoms with Crippen molar-refractivity contribution in [1.29, 1.82) is 0 Å². The van der Waals surface area contributed by atoms with Gasteiger partial charge in [0.25, 0.3) is 5.91 Å². The average Bonchev–Trinajstić information content (AvgIpc) is 3.26. The van der Waals surface area contributed by atoms with Crippen LogP contribution in [-0.4, -0.2) is 35.7 Å². The lowest BCUT2D eigenvalue weighted by Gasteiger charge is -2.10. The molecule has 0 unspecified atom stereocenters. The lowest BCUT2D eigenvalue weighted by atomic mass is 10.2. The first kappa shape index (κ1) is 16.4. The van der Waals surface area contributed by atoms with Crippen molar-refractivity contribution in [3.05, 3.63) is 72.8 Å². The standard InChI is InChI=1S/C20H17N7O/c28-20(18-12-21-13-26(18)16-7-2-1-3-8-16)22-15-6-4-5-14(11-15)19-23-24-25-27(19)17-9-10-17/h1-8,11-13,17H,9-10H2,(H,22,28). The molecule has 1 aliphatic rings. The van der Waals surface area contributed by atoms with E-state index in [9.17, 15) is 4.79 Å². The second-order valence-corrected chi connectivity index (χ2v) is 6.70. The van der Waals surface area contributed by atoms with E-state index in [4.69, 9.17) is 0 Å². The molecule has 0 spiro atoms. The average molecular weight is 371 g/mol. The molecule has 1 fully saturated rings. The van der Waals surface area contributed by atoms with E-state index < -0.39 is 0 Å². The van der Waals surface area contributed by atoms with Crippen molar-refractivity contribution >= 4 is 11.6 Å². The third kappa shape index (κ3) is 3.05. The number of amides is 1. The minimum Gasteiger partial charge on any atom is -0.321 e. The van der Waals surface area contributed by atoms with Gasteiger partial charge in [0.1, 0.15) is 5.69 Å². The van der Waals surface area contributed by atoms with Crippen LogP contribution < -0.4 is 5.32 Å². The third-order valence-corrected chi connectivity index (χ3v) is 4.67. The molecule has 0 bridgehead atoms. The van der Waals surface area contributed by atoms with Crippen LogP contribution in [0.2, 0.25) is 0 Å². The molecule has 0 atom stereocenters. The summed E-state index contributed by atoms with van der Waals surface area (Å²) >= 11 is 0. The van der Waals surface area contributed by atoms with Gasteiger partial charge < -0.3 is 5.32 Å². The number of carbonyl (C=O) groups excluding carboxylic acids is 1. The van der Waals surface area contributed by atoms with Gasteiger partial charge in [0.05, 0.1) is 18.6 Å². The van der Waals surface area contributed by atoms with Crippen LogP contribution in [-0.2, 0) is 0 Å². The summed E-state index contributed by atoms with van der Waals surface area (Å²) in [4.78, 5) is 17.0. The van der Waals surface area contributed by atoms with Gasteiger partial charge in [-0.15, -0.1) is 5.10 Å². The Kier molecular flexibility index (Phi) is 3.93. The molecule has 1 N–H and O–H groups in total. The SMILES string of the molecule is O=C(Nc1cccc(-c2nnnn2C2CC2)c1)c1cncn1-c1ccccc1. The number of tetrazole rings is 1.